The molecule has 0 saturated carbocycles. The Labute approximate surface area is 362 Å². The molecule has 0 N–H and O–H groups in total. The van der Waals surface area contributed by atoms with Crippen molar-refractivity contribution >= 4 is 60.2 Å². The molecule has 1 aliphatic carbocycles. The largest absolute Gasteiger partial charge is 0.309 e. The van der Waals surface area contributed by atoms with Crippen LogP contribution in [0.4, 0.5) is 17.1 Å². The molecular weight excluding hydrogens is 747 g/mol. The van der Waals surface area contributed by atoms with Crippen LogP contribution in [0.5, 0.6) is 0 Å². The minimum absolute atomic E-state index is 0.171. The zero-order valence-electron chi connectivity index (χ0n) is 34.8. The predicted octanol–water partition coefficient (Wildman–Crippen LogP) is 17.1. The minimum Gasteiger partial charge on any atom is -0.309 e. The summed E-state index contributed by atoms with van der Waals surface area (Å²) in [5, 5.41) is 9.95. The van der Waals surface area contributed by atoms with Crippen LogP contribution in [-0.2, 0) is 5.41 Å². The van der Waals surface area contributed by atoms with Crippen LogP contribution < -0.4 is 4.90 Å². The molecule has 0 atom stereocenters. The summed E-state index contributed by atoms with van der Waals surface area (Å²) in [6, 6.07) is 83.3. The van der Waals surface area contributed by atoms with Crippen LogP contribution in [0, 0.1) is 0 Å². The summed E-state index contributed by atoms with van der Waals surface area (Å²) in [4.78, 5) is 2.55. The fourth-order valence-corrected chi connectivity index (χ4v) is 10.5. The van der Waals surface area contributed by atoms with E-state index in [0.717, 1.165) is 17.1 Å². The topological polar surface area (TPSA) is 3.24 Å². The molecule has 11 aromatic carbocycles. The van der Waals surface area contributed by atoms with Gasteiger partial charge in [-0.25, -0.2) is 0 Å². The van der Waals surface area contributed by atoms with Crippen LogP contribution in [0.25, 0.3) is 87.6 Å². The van der Waals surface area contributed by atoms with Crippen molar-refractivity contribution in [3.8, 4) is 44.5 Å². The molecule has 0 spiro atoms. The number of fused-ring (bicyclic) bond motifs is 9. The zero-order chi connectivity index (χ0) is 41.4. The van der Waals surface area contributed by atoms with Crippen molar-refractivity contribution in [2.45, 2.75) is 19.3 Å². The average Bonchev–Trinajstić information content (AvgIpc) is 3.56. The third-order valence-electron chi connectivity index (χ3n) is 13.4. The Hall–Kier alpha value is -7.74. The van der Waals surface area contributed by atoms with Gasteiger partial charge in [-0.15, -0.1) is 0 Å². The van der Waals surface area contributed by atoms with Gasteiger partial charge >= 0.3 is 0 Å². The number of nitrogens with zero attached hydrogens (tertiary/aromatic N) is 1. The number of rotatable bonds is 6. The number of para-hydroxylation sites is 1. The molecule has 0 bridgehead atoms. The van der Waals surface area contributed by atoms with Gasteiger partial charge in [0.25, 0.3) is 0 Å². The third-order valence-corrected chi connectivity index (χ3v) is 13.4. The van der Waals surface area contributed by atoms with Gasteiger partial charge in [0.1, 0.15) is 0 Å². The molecule has 0 unspecified atom stereocenters. The first-order valence-electron chi connectivity index (χ1n) is 21.7. The molecule has 0 heterocycles. The second-order valence-corrected chi connectivity index (χ2v) is 17.2. The van der Waals surface area contributed by atoms with Crippen LogP contribution in [0.2, 0.25) is 0 Å². The Morgan fingerprint density at radius 3 is 1.52 bits per heavy atom. The maximum atomic E-state index is 2.55. The van der Waals surface area contributed by atoms with Crippen molar-refractivity contribution in [1.29, 1.82) is 0 Å². The Morgan fingerprint density at radius 1 is 0.306 bits per heavy atom. The number of anilines is 3. The van der Waals surface area contributed by atoms with E-state index in [1.807, 2.05) is 0 Å². The summed E-state index contributed by atoms with van der Waals surface area (Å²) in [6.45, 7) is 4.75. The van der Waals surface area contributed by atoms with Gasteiger partial charge in [-0.05, 0) is 124 Å². The van der Waals surface area contributed by atoms with E-state index in [0.29, 0.717) is 0 Å². The van der Waals surface area contributed by atoms with Crippen molar-refractivity contribution in [3.05, 3.63) is 236 Å². The van der Waals surface area contributed by atoms with Crippen LogP contribution in [0.15, 0.2) is 224 Å². The molecule has 0 amide bonds. The molecule has 62 heavy (non-hydrogen) atoms. The van der Waals surface area contributed by atoms with Gasteiger partial charge in [-0.3, -0.25) is 0 Å². The molecule has 0 aliphatic heterocycles. The highest BCUT2D eigenvalue weighted by Crippen LogP contribution is 2.54. The molecule has 292 valence electrons. The summed E-state index contributed by atoms with van der Waals surface area (Å²) in [5.74, 6) is 0. The molecule has 0 radical (unpaired) electrons. The van der Waals surface area contributed by atoms with Gasteiger partial charge in [-0.1, -0.05) is 202 Å². The normalized spacial score (nSPS) is 12.8. The molecule has 0 aromatic heterocycles. The van der Waals surface area contributed by atoms with E-state index in [-0.39, 0.29) is 5.41 Å². The van der Waals surface area contributed by atoms with Gasteiger partial charge in [0.15, 0.2) is 0 Å². The predicted molar refractivity (Wildman–Crippen MR) is 265 cm³/mol. The van der Waals surface area contributed by atoms with Crippen LogP contribution in [-0.4, -0.2) is 0 Å². The Morgan fingerprint density at radius 2 is 0.806 bits per heavy atom. The molecule has 11 aromatic rings. The monoisotopic (exact) mass is 789 g/mol. The summed E-state index contributed by atoms with van der Waals surface area (Å²) in [6.07, 6.45) is 0. The van der Waals surface area contributed by atoms with Gasteiger partial charge < -0.3 is 4.90 Å². The first kappa shape index (κ1) is 36.1. The quantitative estimate of drug-likeness (QED) is 0.152. The Kier molecular flexibility index (Phi) is 8.27. The van der Waals surface area contributed by atoms with Crippen molar-refractivity contribution in [1.82, 2.24) is 0 Å². The fraction of sp³-hybridized carbons (Fsp3) is 0.0492. The molecule has 0 fully saturated rings. The smallest absolute Gasteiger partial charge is 0.0546 e. The second kappa shape index (κ2) is 14.2. The third kappa shape index (κ3) is 5.55. The Balaban J connectivity index is 1.24. The number of benzene rings is 11. The fourth-order valence-electron chi connectivity index (χ4n) is 10.5. The summed E-state index contributed by atoms with van der Waals surface area (Å²) in [7, 11) is 0. The van der Waals surface area contributed by atoms with Crippen LogP contribution in [0.1, 0.15) is 25.0 Å². The summed E-state index contributed by atoms with van der Waals surface area (Å²) >= 11 is 0. The number of hydrogen-bond donors (Lipinski definition) is 0. The lowest BCUT2D eigenvalue weighted by Crippen LogP contribution is -2.17. The zero-order valence-corrected chi connectivity index (χ0v) is 34.8. The molecular formula is C61H43N. The van der Waals surface area contributed by atoms with Gasteiger partial charge in [0, 0.05) is 22.2 Å². The minimum atomic E-state index is -0.171. The second-order valence-electron chi connectivity index (χ2n) is 17.2. The highest BCUT2D eigenvalue weighted by atomic mass is 15.1. The lowest BCUT2D eigenvalue weighted by Gasteiger charge is -2.32. The SMILES string of the molecule is CC1(C)c2ccccc2-c2ccc(N(c3ccccc3-c3ccccc3)c3cccc(-c4cc5ccccc5c5ccccc45)c3-c3cc4ccccc4c4ccccc34)cc21. The van der Waals surface area contributed by atoms with Crippen molar-refractivity contribution in [3.63, 3.8) is 0 Å². The lowest BCUT2D eigenvalue weighted by molar-refractivity contribution is 0.660. The van der Waals surface area contributed by atoms with Crippen molar-refractivity contribution in [2.24, 2.45) is 0 Å². The van der Waals surface area contributed by atoms with Crippen LogP contribution >= 0.6 is 0 Å². The van der Waals surface area contributed by atoms with Crippen LogP contribution in [0.3, 0.4) is 0 Å². The van der Waals surface area contributed by atoms with Crippen molar-refractivity contribution in [2.75, 3.05) is 4.90 Å². The van der Waals surface area contributed by atoms with E-state index in [9.17, 15) is 0 Å². The van der Waals surface area contributed by atoms with Crippen molar-refractivity contribution < 1.29 is 0 Å². The molecule has 1 aliphatic rings. The lowest BCUT2D eigenvalue weighted by atomic mass is 9.82. The molecule has 1 heteroatoms. The van der Waals surface area contributed by atoms with E-state index in [2.05, 4.69) is 243 Å². The number of hydrogen-bond acceptors (Lipinski definition) is 1. The first-order valence-corrected chi connectivity index (χ1v) is 21.7. The highest BCUT2D eigenvalue weighted by molar-refractivity contribution is 6.20. The summed E-state index contributed by atoms with van der Waals surface area (Å²) in [5.41, 5.74) is 15.7. The standard InChI is InChI=1S/C61H43N/c1-61(2)56-32-16-14-30-51(56)52-36-35-43(39-57(52)61)62(58-33-17-15-25-46(58)40-19-4-3-5-20-40)59-34-18-31-53(54-37-41-21-6-8-23-44(41)47-26-10-12-28-49(47)54)60(59)55-38-42-22-7-9-24-45(42)48-27-11-13-29-50(48)55/h3-39H,1-2H3. The molecule has 0 saturated heterocycles. The average molecular weight is 790 g/mol. The Bertz CT molecular complexity index is 3560. The van der Waals surface area contributed by atoms with Gasteiger partial charge in [0.05, 0.1) is 11.4 Å². The van der Waals surface area contributed by atoms with E-state index in [1.165, 1.54) is 98.7 Å². The van der Waals surface area contributed by atoms with E-state index in [4.69, 9.17) is 0 Å². The highest BCUT2D eigenvalue weighted by Gasteiger charge is 2.36. The maximum Gasteiger partial charge on any atom is 0.0546 e. The maximum absolute atomic E-state index is 2.55. The van der Waals surface area contributed by atoms with E-state index < -0.39 is 0 Å². The summed E-state index contributed by atoms with van der Waals surface area (Å²) < 4.78 is 0. The molecule has 1 nitrogen and oxygen atoms in total. The van der Waals surface area contributed by atoms with Gasteiger partial charge in [-0.2, -0.15) is 0 Å². The van der Waals surface area contributed by atoms with Gasteiger partial charge in [0.2, 0.25) is 0 Å². The van der Waals surface area contributed by atoms with E-state index >= 15 is 0 Å². The molecule has 12 rings (SSSR count). The first-order chi connectivity index (χ1) is 30.5. The van der Waals surface area contributed by atoms with E-state index in [1.54, 1.807) is 0 Å².